The molecule has 5 rings (SSSR count). The van der Waals surface area contributed by atoms with E-state index in [1.165, 1.54) is 17.0 Å². The normalized spacial score (nSPS) is 21.1. The first-order valence-corrected chi connectivity index (χ1v) is 11.2. The summed E-state index contributed by atoms with van der Waals surface area (Å²) in [5, 5.41) is 11.2. The third kappa shape index (κ3) is 3.96. The molecule has 2 aromatic carbocycles. The van der Waals surface area contributed by atoms with Crippen LogP contribution in [0.15, 0.2) is 66.8 Å². The molecule has 1 fully saturated rings. The zero-order valence-corrected chi connectivity index (χ0v) is 18.6. The molecular weight excluding hydrogens is 437 g/mol. The number of Topliss-reactive ketones (excluding diaryl/α,β-unsaturated/α-hetero) is 1. The number of aliphatic hydroxyl groups is 1. The minimum absolute atomic E-state index is 0.00570. The van der Waals surface area contributed by atoms with Crippen molar-refractivity contribution in [3.05, 3.63) is 89.3 Å². The van der Waals surface area contributed by atoms with Gasteiger partial charge in [0.05, 0.1) is 17.9 Å². The molecule has 1 amide bonds. The van der Waals surface area contributed by atoms with E-state index in [0.29, 0.717) is 30.5 Å². The predicted molar refractivity (Wildman–Crippen MR) is 122 cm³/mol. The summed E-state index contributed by atoms with van der Waals surface area (Å²) < 4.78 is 21.2. The highest BCUT2D eigenvalue weighted by molar-refractivity contribution is 6.46. The highest BCUT2D eigenvalue weighted by Gasteiger charge is 2.45. The highest BCUT2D eigenvalue weighted by Crippen LogP contribution is 2.40. The predicted octanol–water partition coefficient (Wildman–Crippen LogP) is 3.86. The Hall–Kier alpha value is -3.94. The van der Waals surface area contributed by atoms with Gasteiger partial charge in [0.2, 0.25) is 0 Å². The minimum Gasteiger partial charge on any atom is -0.507 e. The molecule has 1 aromatic heterocycles. The average Bonchev–Trinajstić information content (AvgIpc) is 3.53. The summed E-state index contributed by atoms with van der Waals surface area (Å²) in [6.45, 7) is 2.86. The number of benzene rings is 2. The number of likely N-dealkylation sites (tertiary alicyclic amines) is 1. The van der Waals surface area contributed by atoms with E-state index in [-0.39, 0.29) is 24.0 Å². The van der Waals surface area contributed by atoms with Crippen molar-refractivity contribution in [2.45, 2.75) is 38.5 Å². The number of hydrogen-bond donors (Lipinski definition) is 1. The second kappa shape index (κ2) is 8.78. The first kappa shape index (κ1) is 21.9. The van der Waals surface area contributed by atoms with Crippen LogP contribution >= 0.6 is 0 Å². The van der Waals surface area contributed by atoms with Crippen LogP contribution in [0.25, 0.3) is 5.76 Å². The highest BCUT2D eigenvalue weighted by atomic mass is 19.1. The summed E-state index contributed by atoms with van der Waals surface area (Å²) in [5.41, 5.74) is 1.94. The number of aromatic nitrogens is 2. The molecule has 174 valence electrons. The van der Waals surface area contributed by atoms with Crippen LogP contribution in [0.4, 0.5) is 4.39 Å². The molecule has 0 aliphatic carbocycles. The average molecular weight is 461 g/mol. The lowest BCUT2D eigenvalue weighted by atomic mass is 9.94. The molecule has 3 aromatic rings. The number of aliphatic hydroxyl groups excluding tert-OH is 1. The van der Waals surface area contributed by atoms with E-state index in [1.807, 2.05) is 17.7 Å². The third-order valence-electron chi connectivity index (χ3n) is 6.27. The Bertz CT molecular complexity index is 1270. The largest absolute Gasteiger partial charge is 0.507 e. The molecule has 0 saturated carbocycles. The van der Waals surface area contributed by atoms with E-state index in [0.717, 1.165) is 11.3 Å². The van der Waals surface area contributed by atoms with Gasteiger partial charge >= 0.3 is 0 Å². The molecule has 1 saturated heterocycles. The summed E-state index contributed by atoms with van der Waals surface area (Å²) >= 11 is 0. The number of rotatable bonds is 6. The molecule has 0 radical (unpaired) electrons. The van der Waals surface area contributed by atoms with Gasteiger partial charge in [0, 0.05) is 37.5 Å². The summed E-state index contributed by atoms with van der Waals surface area (Å²) in [7, 11) is 0. The number of amides is 1. The van der Waals surface area contributed by atoms with E-state index in [9.17, 15) is 19.1 Å². The number of aryl methyl sites for hydroxylation is 1. The fourth-order valence-corrected chi connectivity index (χ4v) is 4.67. The van der Waals surface area contributed by atoms with Gasteiger partial charge in [-0.25, -0.2) is 9.37 Å². The standard InChI is InChI=1S/C26H24FN3O4/c1-16-13-19-14-18(5-8-21(19)34-16)24(31)22-23(17-3-6-20(27)7-4-17)30(26(33)25(22)32)11-2-10-29-12-9-28-15-29/h3-9,12,14-16,23,31H,2,10-11,13H2,1H3. The number of carbonyl (C=O) groups excluding carboxylic acids is 2. The SMILES string of the molecule is CC1Cc2cc(C(O)=C3C(=O)C(=O)N(CCCn4ccnc4)C3c3ccc(F)cc3)ccc2O1. The van der Waals surface area contributed by atoms with Gasteiger partial charge in [-0.1, -0.05) is 12.1 Å². The number of ketones is 1. The van der Waals surface area contributed by atoms with E-state index >= 15 is 0 Å². The Kier molecular flexibility index (Phi) is 5.65. The molecule has 0 bridgehead atoms. The number of ether oxygens (including phenoxy) is 1. The van der Waals surface area contributed by atoms with Gasteiger partial charge in [-0.05, 0) is 54.8 Å². The molecule has 2 aliphatic rings. The van der Waals surface area contributed by atoms with Crippen LogP contribution in [0.1, 0.15) is 36.1 Å². The number of carbonyl (C=O) groups is 2. The number of imidazole rings is 1. The first-order valence-electron chi connectivity index (χ1n) is 11.2. The minimum atomic E-state index is -0.813. The Balaban J connectivity index is 1.52. The molecule has 34 heavy (non-hydrogen) atoms. The monoisotopic (exact) mass is 461 g/mol. The lowest BCUT2D eigenvalue weighted by Gasteiger charge is -2.25. The van der Waals surface area contributed by atoms with E-state index in [1.54, 1.807) is 42.9 Å². The molecular formula is C26H24FN3O4. The van der Waals surface area contributed by atoms with E-state index < -0.39 is 23.5 Å². The van der Waals surface area contributed by atoms with Crippen LogP contribution in [0, 0.1) is 5.82 Å². The maximum absolute atomic E-state index is 13.6. The Morgan fingerprint density at radius 1 is 1.18 bits per heavy atom. The van der Waals surface area contributed by atoms with Gasteiger partial charge in [0.15, 0.2) is 0 Å². The van der Waals surface area contributed by atoms with Crippen molar-refractivity contribution in [2.24, 2.45) is 0 Å². The molecule has 7 nitrogen and oxygen atoms in total. The zero-order chi connectivity index (χ0) is 23.8. The summed E-state index contributed by atoms with van der Waals surface area (Å²) in [6.07, 6.45) is 6.49. The number of hydrogen-bond acceptors (Lipinski definition) is 5. The molecule has 1 N–H and O–H groups in total. The summed E-state index contributed by atoms with van der Waals surface area (Å²) in [4.78, 5) is 31.6. The topological polar surface area (TPSA) is 84.7 Å². The second-order valence-corrected chi connectivity index (χ2v) is 8.65. The lowest BCUT2D eigenvalue weighted by Crippen LogP contribution is -2.31. The van der Waals surface area contributed by atoms with Gasteiger partial charge in [-0.2, -0.15) is 0 Å². The van der Waals surface area contributed by atoms with Crippen molar-refractivity contribution in [1.82, 2.24) is 14.5 Å². The molecule has 0 spiro atoms. The van der Waals surface area contributed by atoms with Gasteiger partial charge in [0.25, 0.3) is 11.7 Å². The zero-order valence-electron chi connectivity index (χ0n) is 18.6. The number of halogens is 1. The maximum Gasteiger partial charge on any atom is 0.295 e. The van der Waals surface area contributed by atoms with E-state index in [4.69, 9.17) is 4.74 Å². The van der Waals surface area contributed by atoms with Crippen molar-refractivity contribution in [3.63, 3.8) is 0 Å². The van der Waals surface area contributed by atoms with Crippen LogP contribution in [0.3, 0.4) is 0 Å². The maximum atomic E-state index is 13.6. The fourth-order valence-electron chi connectivity index (χ4n) is 4.67. The van der Waals surface area contributed by atoms with Crippen LogP contribution in [0.2, 0.25) is 0 Å². The van der Waals surface area contributed by atoms with Crippen molar-refractivity contribution < 1.29 is 23.8 Å². The van der Waals surface area contributed by atoms with Crippen molar-refractivity contribution >= 4 is 17.4 Å². The molecule has 2 unspecified atom stereocenters. The number of nitrogens with zero attached hydrogens (tertiary/aromatic N) is 3. The van der Waals surface area contributed by atoms with Crippen molar-refractivity contribution in [2.75, 3.05) is 6.54 Å². The summed E-state index contributed by atoms with van der Waals surface area (Å²) in [5.74, 6) is -1.35. The van der Waals surface area contributed by atoms with Crippen LogP contribution in [-0.4, -0.2) is 43.9 Å². The third-order valence-corrected chi connectivity index (χ3v) is 6.27. The van der Waals surface area contributed by atoms with Crippen molar-refractivity contribution in [1.29, 1.82) is 0 Å². The molecule has 2 atom stereocenters. The second-order valence-electron chi connectivity index (χ2n) is 8.65. The summed E-state index contributed by atoms with van der Waals surface area (Å²) in [6, 6.07) is 10.1. The molecule has 8 heteroatoms. The van der Waals surface area contributed by atoms with E-state index in [2.05, 4.69) is 4.98 Å². The first-order chi connectivity index (χ1) is 16.4. The Morgan fingerprint density at radius 2 is 1.97 bits per heavy atom. The quantitative estimate of drug-likeness (QED) is 0.342. The Morgan fingerprint density at radius 3 is 2.71 bits per heavy atom. The lowest BCUT2D eigenvalue weighted by molar-refractivity contribution is -0.139. The fraction of sp³-hybridized carbons (Fsp3) is 0.269. The van der Waals surface area contributed by atoms with Crippen LogP contribution in [-0.2, 0) is 22.6 Å². The van der Waals surface area contributed by atoms with Crippen molar-refractivity contribution in [3.8, 4) is 5.75 Å². The Labute approximate surface area is 196 Å². The van der Waals surface area contributed by atoms with Gasteiger partial charge in [-0.3, -0.25) is 9.59 Å². The molecule has 3 heterocycles. The smallest absolute Gasteiger partial charge is 0.295 e. The molecule has 2 aliphatic heterocycles. The van der Waals surface area contributed by atoms with Crippen LogP contribution in [0.5, 0.6) is 5.75 Å². The van der Waals surface area contributed by atoms with Gasteiger partial charge in [0.1, 0.15) is 23.4 Å². The van der Waals surface area contributed by atoms with Gasteiger partial charge < -0.3 is 19.3 Å². The van der Waals surface area contributed by atoms with Gasteiger partial charge in [-0.15, -0.1) is 0 Å². The number of fused-ring (bicyclic) bond motifs is 1. The van der Waals surface area contributed by atoms with Crippen LogP contribution < -0.4 is 4.74 Å².